The molecule has 3 aromatic rings. The molecule has 0 bridgehead atoms. The molecule has 142 valence electrons. The SMILES string of the molecule is CCN(CC)c1ccc2c(C)cc(-c3c(O)n(C)c(=S)n(C)c3=O)nc2c1. The molecule has 0 saturated carbocycles. The largest absolute Gasteiger partial charge is 0.494 e. The van der Waals surface area contributed by atoms with Crippen LogP contribution in [0.5, 0.6) is 5.88 Å². The lowest BCUT2D eigenvalue weighted by molar-refractivity contribution is 0.418. The molecule has 7 heteroatoms. The van der Waals surface area contributed by atoms with Gasteiger partial charge in [-0.3, -0.25) is 13.9 Å². The molecule has 3 rings (SSSR count). The number of anilines is 1. The topological polar surface area (TPSA) is 63.3 Å². The fraction of sp³-hybridized carbons (Fsp3) is 0.350. The maximum absolute atomic E-state index is 12.8. The van der Waals surface area contributed by atoms with Crippen molar-refractivity contribution in [1.82, 2.24) is 14.1 Å². The molecule has 6 nitrogen and oxygen atoms in total. The van der Waals surface area contributed by atoms with E-state index in [2.05, 4.69) is 30.9 Å². The fourth-order valence-corrected chi connectivity index (χ4v) is 3.53. The molecule has 0 aliphatic heterocycles. The first-order valence-corrected chi connectivity index (χ1v) is 9.36. The van der Waals surface area contributed by atoms with E-state index >= 15 is 0 Å². The van der Waals surface area contributed by atoms with Gasteiger partial charge in [0.25, 0.3) is 5.56 Å². The van der Waals surface area contributed by atoms with Crippen molar-refractivity contribution in [3.05, 3.63) is 45.0 Å². The van der Waals surface area contributed by atoms with Gasteiger partial charge in [-0.05, 0) is 56.8 Å². The summed E-state index contributed by atoms with van der Waals surface area (Å²) in [6.45, 7) is 8.01. The minimum Gasteiger partial charge on any atom is -0.494 e. The second-order valence-electron chi connectivity index (χ2n) is 6.60. The number of aromatic nitrogens is 3. The number of hydrogen-bond donors (Lipinski definition) is 1. The lowest BCUT2D eigenvalue weighted by Crippen LogP contribution is -2.23. The van der Waals surface area contributed by atoms with Crippen LogP contribution in [0.15, 0.2) is 29.1 Å². The summed E-state index contributed by atoms with van der Waals surface area (Å²) < 4.78 is 3.01. The van der Waals surface area contributed by atoms with Crippen LogP contribution in [0.2, 0.25) is 0 Å². The van der Waals surface area contributed by atoms with Crippen LogP contribution >= 0.6 is 12.2 Å². The summed E-state index contributed by atoms with van der Waals surface area (Å²) in [4.78, 5) is 19.7. The molecule has 0 fully saturated rings. The van der Waals surface area contributed by atoms with Crippen molar-refractivity contribution in [1.29, 1.82) is 0 Å². The van der Waals surface area contributed by atoms with Crippen LogP contribution in [-0.4, -0.2) is 32.3 Å². The highest BCUT2D eigenvalue weighted by Gasteiger charge is 2.18. The molecule has 0 aliphatic rings. The summed E-state index contributed by atoms with van der Waals surface area (Å²) in [7, 11) is 3.23. The van der Waals surface area contributed by atoms with Gasteiger partial charge in [0.1, 0.15) is 5.56 Å². The van der Waals surface area contributed by atoms with Gasteiger partial charge < -0.3 is 10.0 Å². The number of hydrogen-bond acceptors (Lipinski definition) is 5. The predicted molar refractivity (Wildman–Crippen MR) is 112 cm³/mol. The maximum Gasteiger partial charge on any atom is 0.267 e. The van der Waals surface area contributed by atoms with Crippen molar-refractivity contribution >= 4 is 28.8 Å². The first kappa shape index (κ1) is 19.1. The Morgan fingerprint density at radius 2 is 1.81 bits per heavy atom. The molecule has 0 aliphatic carbocycles. The van der Waals surface area contributed by atoms with Crippen LogP contribution in [0.25, 0.3) is 22.2 Å². The smallest absolute Gasteiger partial charge is 0.267 e. The van der Waals surface area contributed by atoms with E-state index in [1.165, 1.54) is 9.13 Å². The van der Waals surface area contributed by atoms with E-state index in [0.717, 1.165) is 35.2 Å². The second kappa shape index (κ2) is 7.15. The second-order valence-corrected chi connectivity index (χ2v) is 6.97. The zero-order valence-electron chi connectivity index (χ0n) is 16.3. The van der Waals surface area contributed by atoms with E-state index in [0.29, 0.717) is 5.69 Å². The molecule has 0 unspecified atom stereocenters. The maximum atomic E-state index is 12.8. The Morgan fingerprint density at radius 1 is 1.15 bits per heavy atom. The van der Waals surface area contributed by atoms with Crippen LogP contribution in [0.4, 0.5) is 5.69 Å². The van der Waals surface area contributed by atoms with E-state index in [4.69, 9.17) is 17.2 Å². The first-order valence-electron chi connectivity index (χ1n) is 8.95. The number of rotatable bonds is 4. The summed E-state index contributed by atoms with van der Waals surface area (Å²) in [6.07, 6.45) is 0. The molecule has 0 radical (unpaired) electrons. The third-order valence-corrected chi connectivity index (χ3v) is 5.57. The Balaban J connectivity index is 2.31. The summed E-state index contributed by atoms with van der Waals surface area (Å²) in [5.74, 6) is -0.172. The minimum atomic E-state index is -0.359. The molecule has 2 aromatic heterocycles. The van der Waals surface area contributed by atoms with E-state index < -0.39 is 0 Å². The normalized spacial score (nSPS) is 11.1. The van der Waals surface area contributed by atoms with E-state index in [1.807, 2.05) is 19.1 Å². The van der Waals surface area contributed by atoms with Crippen LogP contribution in [0.1, 0.15) is 19.4 Å². The van der Waals surface area contributed by atoms with Crippen molar-refractivity contribution in [2.45, 2.75) is 20.8 Å². The summed E-state index contributed by atoms with van der Waals surface area (Å²) in [5, 5.41) is 11.6. The third-order valence-electron chi connectivity index (χ3n) is 5.02. The van der Waals surface area contributed by atoms with Gasteiger partial charge in [0.05, 0.1) is 11.2 Å². The number of aromatic hydroxyl groups is 1. The average Bonchev–Trinajstić information content (AvgIpc) is 2.66. The van der Waals surface area contributed by atoms with E-state index in [-0.39, 0.29) is 21.8 Å². The summed E-state index contributed by atoms with van der Waals surface area (Å²) in [6, 6.07) is 8.01. The Bertz CT molecular complexity index is 1140. The van der Waals surface area contributed by atoms with Crippen molar-refractivity contribution in [3.63, 3.8) is 0 Å². The molecule has 0 spiro atoms. The van der Waals surface area contributed by atoms with Crippen LogP contribution in [-0.2, 0) is 14.1 Å². The number of aryl methyl sites for hydroxylation is 1. The number of fused-ring (bicyclic) bond motifs is 1. The van der Waals surface area contributed by atoms with Gasteiger partial charge >= 0.3 is 0 Å². The lowest BCUT2D eigenvalue weighted by atomic mass is 10.1. The zero-order chi connectivity index (χ0) is 19.9. The van der Waals surface area contributed by atoms with Crippen molar-refractivity contribution in [2.24, 2.45) is 14.1 Å². The molecular weight excluding hydrogens is 360 g/mol. The van der Waals surface area contributed by atoms with Gasteiger partial charge in [-0.15, -0.1) is 0 Å². The predicted octanol–water partition coefficient (Wildman–Crippen LogP) is 3.53. The van der Waals surface area contributed by atoms with Gasteiger partial charge in [0.15, 0.2) is 4.77 Å². The average molecular weight is 385 g/mol. The van der Waals surface area contributed by atoms with E-state index in [9.17, 15) is 9.90 Å². The molecule has 1 N–H and O–H groups in total. The van der Waals surface area contributed by atoms with Crippen LogP contribution < -0.4 is 10.5 Å². The van der Waals surface area contributed by atoms with Crippen LogP contribution in [0, 0.1) is 11.7 Å². The number of pyridine rings is 1. The third kappa shape index (κ3) is 3.12. The number of benzene rings is 1. The van der Waals surface area contributed by atoms with Gasteiger partial charge in [-0.25, -0.2) is 4.98 Å². The highest BCUT2D eigenvalue weighted by molar-refractivity contribution is 7.71. The van der Waals surface area contributed by atoms with Gasteiger partial charge in [-0.2, -0.15) is 0 Å². The Morgan fingerprint density at radius 3 is 2.44 bits per heavy atom. The molecule has 0 saturated heterocycles. The molecule has 1 aromatic carbocycles. The Kier molecular flexibility index (Phi) is 5.06. The van der Waals surface area contributed by atoms with Gasteiger partial charge in [-0.1, -0.05) is 6.07 Å². The molecule has 0 amide bonds. The van der Waals surface area contributed by atoms with Crippen molar-refractivity contribution in [3.8, 4) is 17.1 Å². The lowest BCUT2D eigenvalue weighted by Gasteiger charge is -2.21. The van der Waals surface area contributed by atoms with Gasteiger partial charge in [0.2, 0.25) is 5.88 Å². The van der Waals surface area contributed by atoms with Crippen molar-refractivity contribution in [2.75, 3.05) is 18.0 Å². The fourth-order valence-electron chi connectivity index (χ4n) is 3.36. The molecule has 0 atom stereocenters. The monoisotopic (exact) mass is 384 g/mol. The highest BCUT2D eigenvalue weighted by atomic mass is 32.1. The highest BCUT2D eigenvalue weighted by Crippen LogP contribution is 2.29. The standard InChI is InChI=1S/C20H24N4O2S/c1-6-24(7-2)13-8-9-14-12(3)10-16(21-15(14)11-13)17-18(25)22(4)20(27)23(5)19(17)26/h8-11,25H,6-7H2,1-5H3. The molecule has 27 heavy (non-hydrogen) atoms. The van der Waals surface area contributed by atoms with Crippen LogP contribution in [0.3, 0.4) is 0 Å². The zero-order valence-corrected chi connectivity index (χ0v) is 17.1. The molecule has 2 heterocycles. The molecular formula is C20H24N4O2S. The summed E-state index contributed by atoms with van der Waals surface area (Å²) in [5.41, 5.74) is 3.11. The first-order chi connectivity index (χ1) is 12.8. The Labute approximate surface area is 163 Å². The van der Waals surface area contributed by atoms with Crippen molar-refractivity contribution < 1.29 is 5.11 Å². The summed E-state index contributed by atoms with van der Waals surface area (Å²) >= 11 is 5.19. The van der Waals surface area contributed by atoms with E-state index in [1.54, 1.807) is 14.1 Å². The van der Waals surface area contributed by atoms with Gasteiger partial charge in [0, 0.05) is 38.3 Å². The number of nitrogens with zero attached hydrogens (tertiary/aromatic N) is 4. The Hall–Kier alpha value is -2.67. The minimum absolute atomic E-state index is 0.159. The quantitative estimate of drug-likeness (QED) is 0.697.